The van der Waals surface area contributed by atoms with Gasteiger partial charge in [0.25, 0.3) is 0 Å². The molecular weight excluding hydrogens is 306 g/mol. The molecule has 0 bridgehead atoms. The van der Waals surface area contributed by atoms with Crippen LogP contribution in [-0.2, 0) is 0 Å². The lowest BCUT2D eigenvalue weighted by Gasteiger charge is -2.09. The smallest absolute Gasteiger partial charge is 0.173 e. The highest BCUT2D eigenvalue weighted by Crippen LogP contribution is 2.28. The second-order valence-electron chi connectivity index (χ2n) is 4.43. The zero-order valence-electron chi connectivity index (χ0n) is 12.1. The van der Waals surface area contributed by atoms with Crippen LogP contribution in [0.2, 0.25) is 5.15 Å². The number of Topliss-reactive ketones (excluding diaryl/α,β-unsaturated/α-hetero) is 2. The van der Waals surface area contributed by atoms with Gasteiger partial charge in [0.05, 0.1) is 26.2 Å². The topological polar surface area (TPSA) is 65.5 Å². The Morgan fingerprint density at radius 2 is 1.82 bits per heavy atom. The summed E-state index contributed by atoms with van der Waals surface area (Å²) in [6.07, 6.45) is 1.19. The minimum absolute atomic E-state index is 0.0904. The predicted molar refractivity (Wildman–Crippen MR) is 82.1 cm³/mol. The number of carbonyl (C=O) groups is 2. The molecule has 0 amide bonds. The van der Waals surface area contributed by atoms with E-state index in [-0.39, 0.29) is 28.7 Å². The quantitative estimate of drug-likeness (QED) is 0.464. The number of pyridine rings is 1. The SMILES string of the molecule is COc1ccc(C(=O)CC(=O)c2cccnc2Cl)cc1OC. The van der Waals surface area contributed by atoms with E-state index in [0.29, 0.717) is 17.1 Å². The Kier molecular flexibility index (Phi) is 5.12. The minimum atomic E-state index is -0.377. The Morgan fingerprint density at radius 3 is 2.45 bits per heavy atom. The molecule has 0 saturated heterocycles. The van der Waals surface area contributed by atoms with E-state index in [1.54, 1.807) is 30.3 Å². The average molecular weight is 320 g/mol. The normalized spacial score (nSPS) is 10.1. The fraction of sp³-hybridized carbons (Fsp3) is 0.188. The summed E-state index contributed by atoms with van der Waals surface area (Å²) in [4.78, 5) is 28.2. The maximum absolute atomic E-state index is 12.2. The summed E-state index contributed by atoms with van der Waals surface area (Å²) < 4.78 is 10.3. The second-order valence-corrected chi connectivity index (χ2v) is 4.79. The molecule has 6 heteroatoms. The van der Waals surface area contributed by atoms with Gasteiger partial charge in [0, 0.05) is 11.8 Å². The summed E-state index contributed by atoms with van der Waals surface area (Å²) in [6.45, 7) is 0. The van der Waals surface area contributed by atoms with Crippen LogP contribution in [-0.4, -0.2) is 30.8 Å². The summed E-state index contributed by atoms with van der Waals surface area (Å²) in [5.41, 5.74) is 0.601. The van der Waals surface area contributed by atoms with Crippen molar-refractivity contribution in [2.24, 2.45) is 0 Å². The van der Waals surface area contributed by atoms with Crippen LogP contribution in [0, 0.1) is 0 Å². The van der Waals surface area contributed by atoms with Crippen LogP contribution in [0.25, 0.3) is 0 Å². The van der Waals surface area contributed by atoms with Crippen LogP contribution in [0.1, 0.15) is 27.1 Å². The predicted octanol–water partition coefficient (Wildman–Crippen LogP) is 3.21. The van der Waals surface area contributed by atoms with E-state index in [4.69, 9.17) is 21.1 Å². The average Bonchev–Trinajstić information content (AvgIpc) is 2.54. The summed E-state index contributed by atoms with van der Waals surface area (Å²) in [7, 11) is 2.99. The first-order valence-electron chi connectivity index (χ1n) is 6.45. The molecule has 22 heavy (non-hydrogen) atoms. The summed E-state index contributed by atoms with van der Waals surface area (Å²) in [6, 6.07) is 7.88. The molecule has 0 atom stereocenters. The number of carbonyl (C=O) groups excluding carboxylic acids is 2. The third-order valence-electron chi connectivity index (χ3n) is 3.09. The number of halogens is 1. The number of hydrogen-bond acceptors (Lipinski definition) is 5. The van der Waals surface area contributed by atoms with E-state index < -0.39 is 0 Å². The second kappa shape index (κ2) is 7.04. The van der Waals surface area contributed by atoms with Crippen molar-refractivity contribution in [2.45, 2.75) is 6.42 Å². The van der Waals surface area contributed by atoms with Gasteiger partial charge in [-0.25, -0.2) is 4.98 Å². The van der Waals surface area contributed by atoms with Crippen molar-refractivity contribution in [1.29, 1.82) is 0 Å². The third-order valence-corrected chi connectivity index (χ3v) is 3.39. The molecule has 1 aromatic heterocycles. The zero-order chi connectivity index (χ0) is 16.1. The first-order valence-corrected chi connectivity index (χ1v) is 6.83. The maximum Gasteiger partial charge on any atom is 0.173 e. The molecule has 0 saturated carbocycles. The Balaban J connectivity index is 2.19. The molecule has 2 aromatic rings. The van der Waals surface area contributed by atoms with E-state index in [0.717, 1.165) is 0 Å². The molecule has 2 rings (SSSR count). The van der Waals surface area contributed by atoms with Gasteiger partial charge in [-0.2, -0.15) is 0 Å². The fourth-order valence-electron chi connectivity index (χ4n) is 1.95. The maximum atomic E-state index is 12.2. The van der Waals surface area contributed by atoms with E-state index in [1.165, 1.54) is 20.4 Å². The minimum Gasteiger partial charge on any atom is -0.493 e. The van der Waals surface area contributed by atoms with Gasteiger partial charge in [-0.3, -0.25) is 9.59 Å². The fourth-order valence-corrected chi connectivity index (χ4v) is 2.17. The van der Waals surface area contributed by atoms with Crippen molar-refractivity contribution in [2.75, 3.05) is 14.2 Å². The monoisotopic (exact) mass is 319 g/mol. The van der Waals surface area contributed by atoms with Gasteiger partial charge >= 0.3 is 0 Å². The van der Waals surface area contributed by atoms with Gasteiger partial charge < -0.3 is 9.47 Å². The van der Waals surface area contributed by atoms with Gasteiger partial charge in [0.15, 0.2) is 23.1 Å². The number of rotatable bonds is 6. The van der Waals surface area contributed by atoms with Crippen LogP contribution >= 0.6 is 11.6 Å². The molecule has 0 aliphatic carbocycles. The Hall–Kier alpha value is -2.40. The number of aromatic nitrogens is 1. The molecule has 5 nitrogen and oxygen atoms in total. The van der Waals surface area contributed by atoms with Crippen LogP contribution < -0.4 is 9.47 Å². The van der Waals surface area contributed by atoms with E-state index >= 15 is 0 Å². The Labute approximate surface area is 132 Å². The Bertz CT molecular complexity index is 715. The molecule has 0 N–H and O–H groups in total. The van der Waals surface area contributed by atoms with Gasteiger partial charge in [-0.05, 0) is 30.3 Å². The summed E-state index contributed by atoms with van der Waals surface area (Å²) in [5, 5.41) is 0.0904. The largest absolute Gasteiger partial charge is 0.493 e. The molecule has 0 aliphatic heterocycles. The van der Waals surface area contributed by atoms with E-state index in [2.05, 4.69) is 4.98 Å². The van der Waals surface area contributed by atoms with Crippen molar-refractivity contribution in [1.82, 2.24) is 4.98 Å². The molecule has 1 aromatic carbocycles. The van der Waals surface area contributed by atoms with Crippen molar-refractivity contribution in [3.63, 3.8) is 0 Å². The van der Waals surface area contributed by atoms with Crippen molar-refractivity contribution < 1.29 is 19.1 Å². The van der Waals surface area contributed by atoms with Gasteiger partial charge in [0.1, 0.15) is 5.15 Å². The lowest BCUT2D eigenvalue weighted by atomic mass is 10.0. The highest BCUT2D eigenvalue weighted by atomic mass is 35.5. The molecule has 0 spiro atoms. The van der Waals surface area contributed by atoms with Crippen LogP contribution in [0.4, 0.5) is 0 Å². The third kappa shape index (κ3) is 3.43. The van der Waals surface area contributed by atoms with Gasteiger partial charge in [-0.15, -0.1) is 0 Å². The van der Waals surface area contributed by atoms with Crippen LogP contribution in [0.15, 0.2) is 36.5 Å². The standard InChI is InChI=1S/C16H14ClNO4/c1-21-14-6-5-10(8-15(14)22-2)12(19)9-13(20)11-4-3-7-18-16(11)17/h3-8H,9H2,1-2H3. The molecule has 0 radical (unpaired) electrons. The molecule has 114 valence electrons. The molecule has 0 unspecified atom stereocenters. The summed E-state index contributed by atoms with van der Waals surface area (Å²) >= 11 is 5.86. The molecular formula is C16H14ClNO4. The van der Waals surface area contributed by atoms with Gasteiger partial charge in [-0.1, -0.05) is 11.6 Å². The first kappa shape index (κ1) is 16.0. The molecule has 1 heterocycles. The Morgan fingerprint density at radius 1 is 1.09 bits per heavy atom. The van der Waals surface area contributed by atoms with Gasteiger partial charge in [0.2, 0.25) is 0 Å². The zero-order valence-corrected chi connectivity index (χ0v) is 12.9. The highest BCUT2D eigenvalue weighted by Gasteiger charge is 2.18. The van der Waals surface area contributed by atoms with E-state index in [9.17, 15) is 9.59 Å². The number of ether oxygens (including phenoxy) is 2. The number of nitrogens with zero attached hydrogens (tertiary/aromatic N) is 1. The van der Waals surface area contributed by atoms with Crippen molar-refractivity contribution >= 4 is 23.2 Å². The number of benzene rings is 1. The highest BCUT2D eigenvalue weighted by molar-refractivity contribution is 6.33. The van der Waals surface area contributed by atoms with Crippen LogP contribution in [0.5, 0.6) is 11.5 Å². The van der Waals surface area contributed by atoms with Crippen molar-refractivity contribution in [3.05, 3.63) is 52.8 Å². The molecule has 0 fully saturated rings. The number of methoxy groups -OCH3 is 2. The lowest BCUT2D eigenvalue weighted by molar-refractivity contribution is 0.0894. The summed E-state index contributed by atoms with van der Waals surface area (Å²) in [5.74, 6) is 0.240. The number of hydrogen-bond donors (Lipinski definition) is 0. The lowest BCUT2D eigenvalue weighted by Crippen LogP contribution is -2.10. The molecule has 0 aliphatic rings. The van der Waals surface area contributed by atoms with Crippen LogP contribution in [0.3, 0.4) is 0 Å². The van der Waals surface area contributed by atoms with E-state index in [1.807, 2.05) is 0 Å². The first-order chi connectivity index (χ1) is 10.6. The van der Waals surface area contributed by atoms with Crippen molar-refractivity contribution in [3.8, 4) is 11.5 Å². The number of ketones is 2.